The largest absolute Gasteiger partial charge is 0.508 e. The summed E-state index contributed by atoms with van der Waals surface area (Å²) in [5, 5.41) is 31.4. The van der Waals surface area contributed by atoms with Gasteiger partial charge in [-0.25, -0.2) is 0 Å². The molecule has 0 fully saturated rings. The van der Waals surface area contributed by atoms with Crippen LogP contribution in [0.3, 0.4) is 0 Å². The molecule has 0 spiro atoms. The lowest BCUT2D eigenvalue weighted by Gasteiger charge is -2.36. The summed E-state index contributed by atoms with van der Waals surface area (Å²) in [6, 6.07) is 24.7. The van der Waals surface area contributed by atoms with Crippen LogP contribution in [-0.2, 0) is 38.5 Å². The zero-order chi connectivity index (χ0) is 58.1. The van der Waals surface area contributed by atoms with E-state index in [9.17, 15) is 15.3 Å². The molecule has 6 aromatic rings. The number of rotatable bonds is 11. The van der Waals surface area contributed by atoms with Gasteiger partial charge in [0.15, 0.2) is 0 Å². The molecule has 0 aromatic heterocycles. The van der Waals surface area contributed by atoms with Crippen LogP contribution in [0.25, 0.3) is 0 Å². The number of hydrogen-bond donors (Lipinski definition) is 3. The second kappa shape index (κ2) is 23.8. The average molecular weight is 1120 g/mol. The fraction of sp³-hybridized carbons (Fsp3) is 0.471. The molecule has 6 aliphatic rings. The lowest BCUT2D eigenvalue weighted by Crippen LogP contribution is -2.33. The number of hydrogen-bond acceptors (Lipinski definition) is 14. The second-order valence-corrected chi connectivity index (χ2v) is 24.1. The maximum atomic E-state index is 10.6. The fourth-order valence-corrected chi connectivity index (χ4v) is 12.2. The molecule has 0 bridgehead atoms. The number of phenolic OH excluding ortho intramolecular Hbond substituents is 3. The molecule has 3 N–H and O–H groups in total. The van der Waals surface area contributed by atoms with Gasteiger partial charge in [0, 0.05) is 92.6 Å². The van der Waals surface area contributed by atoms with Gasteiger partial charge in [-0.05, 0) is 143 Å². The van der Waals surface area contributed by atoms with Gasteiger partial charge in [-0.2, -0.15) is 0 Å². The van der Waals surface area contributed by atoms with E-state index in [0.29, 0.717) is 50.3 Å². The van der Waals surface area contributed by atoms with Crippen LogP contribution in [0.5, 0.6) is 80.5 Å². The number of phenols is 3. The minimum absolute atomic E-state index is 0.0515. The Morgan fingerprint density at radius 2 is 0.866 bits per heavy atom. The zero-order valence-corrected chi connectivity index (χ0v) is 49.7. The standard InChI is InChI=1S/C24H30O5.C23H28O5.C21H24O4/c1-5-10-27-16-6-7-17(20(25)12-16)15-11-19-21(26-4)13-22-18(23(19)28-14-15)8-9-24(2,3)29-22;1-5-26-15-6-7-16(19(24)11-15)14-10-18-20(25-4)12-21-17(22(18)27-13-14)8-9-23(2,3)28-21;1-21(2)9-8-17-19(25-21)7-4-13-10-14(12-24-20(13)17)16-6-5-15(23-3)11-18(16)22/h6-7,12-13,15,25H,5,8-11,14H2,1-4H3;6-7,11-12,14,24H,5,8-10,13H2,1-4H3;4-7,11,14,22H,8-10,12H2,1-3H3/t15-;2*14-/m111/s1. The Balaban J connectivity index is 0.000000138. The molecule has 0 aliphatic carbocycles. The van der Waals surface area contributed by atoms with Crippen molar-refractivity contribution in [1.82, 2.24) is 0 Å². The summed E-state index contributed by atoms with van der Waals surface area (Å²) < 4.78 is 64.7. The van der Waals surface area contributed by atoms with Crippen LogP contribution in [0.2, 0.25) is 0 Å². The molecule has 3 atom stereocenters. The molecule has 6 heterocycles. The molecular weight excluding hydrogens is 1040 g/mol. The van der Waals surface area contributed by atoms with Crippen LogP contribution in [0.4, 0.5) is 0 Å². The maximum absolute atomic E-state index is 10.6. The number of ether oxygens (including phenoxy) is 11. The van der Waals surface area contributed by atoms with E-state index in [4.69, 9.17) is 52.1 Å². The number of methoxy groups -OCH3 is 3. The summed E-state index contributed by atoms with van der Waals surface area (Å²) in [6.45, 7) is 19.4. The first-order valence-corrected chi connectivity index (χ1v) is 29.1. The highest BCUT2D eigenvalue weighted by Gasteiger charge is 2.38. The molecule has 438 valence electrons. The van der Waals surface area contributed by atoms with Crippen LogP contribution in [0.15, 0.2) is 78.9 Å². The molecule has 0 unspecified atom stereocenters. The van der Waals surface area contributed by atoms with E-state index >= 15 is 0 Å². The van der Waals surface area contributed by atoms with E-state index in [2.05, 4.69) is 60.6 Å². The molecule has 0 radical (unpaired) electrons. The monoisotopic (exact) mass is 1120 g/mol. The van der Waals surface area contributed by atoms with Crippen LogP contribution in [-0.4, -0.2) is 86.5 Å². The first-order chi connectivity index (χ1) is 39.3. The predicted molar refractivity (Wildman–Crippen MR) is 315 cm³/mol. The molecule has 14 nitrogen and oxygen atoms in total. The van der Waals surface area contributed by atoms with E-state index in [0.717, 1.165) is 149 Å². The van der Waals surface area contributed by atoms with Crippen molar-refractivity contribution in [1.29, 1.82) is 0 Å². The topological polar surface area (TPSA) is 162 Å². The normalized spacial score (nSPS) is 19.9. The third-order valence-electron chi connectivity index (χ3n) is 16.6. The van der Waals surface area contributed by atoms with E-state index in [1.165, 1.54) is 11.1 Å². The van der Waals surface area contributed by atoms with Crippen molar-refractivity contribution in [2.45, 2.75) is 154 Å². The van der Waals surface area contributed by atoms with Crippen molar-refractivity contribution in [3.05, 3.63) is 129 Å². The lowest BCUT2D eigenvalue weighted by molar-refractivity contribution is 0.0817. The molecule has 0 amide bonds. The average Bonchev–Trinajstić information content (AvgIpc) is 3.58. The van der Waals surface area contributed by atoms with Gasteiger partial charge in [0.1, 0.15) is 97.3 Å². The van der Waals surface area contributed by atoms with Gasteiger partial charge in [0.25, 0.3) is 0 Å². The smallest absolute Gasteiger partial charge is 0.133 e. The summed E-state index contributed by atoms with van der Waals surface area (Å²) in [7, 11) is 4.95. The summed E-state index contributed by atoms with van der Waals surface area (Å²) in [5.41, 5.74) is 8.90. The van der Waals surface area contributed by atoms with E-state index < -0.39 is 0 Å². The second-order valence-electron chi connectivity index (χ2n) is 24.1. The van der Waals surface area contributed by atoms with Crippen LogP contribution >= 0.6 is 0 Å². The summed E-state index contributed by atoms with van der Waals surface area (Å²) in [6.07, 6.45) is 8.99. The molecule has 0 saturated carbocycles. The quantitative estimate of drug-likeness (QED) is 0.112. The minimum atomic E-state index is -0.184. The van der Waals surface area contributed by atoms with Gasteiger partial charge in [0.05, 0.1) is 54.4 Å². The molecule has 6 aliphatic heterocycles. The Hall–Kier alpha value is -7.48. The van der Waals surface area contributed by atoms with Gasteiger partial charge in [0.2, 0.25) is 0 Å². The maximum Gasteiger partial charge on any atom is 0.133 e. The Morgan fingerprint density at radius 1 is 0.451 bits per heavy atom. The third kappa shape index (κ3) is 12.3. The Morgan fingerprint density at radius 3 is 1.30 bits per heavy atom. The van der Waals surface area contributed by atoms with Crippen molar-refractivity contribution >= 4 is 0 Å². The van der Waals surface area contributed by atoms with Crippen molar-refractivity contribution < 1.29 is 67.4 Å². The van der Waals surface area contributed by atoms with E-state index in [-0.39, 0.29) is 51.8 Å². The summed E-state index contributed by atoms with van der Waals surface area (Å²) in [4.78, 5) is 0. The van der Waals surface area contributed by atoms with Crippen molar-refractivity contribution in [3.63, 3.8) is 0 Å². The highest BCUT2D eigenvalue weighted by atomic mass is 16.5. The minimum Gasteiger partial charge on any atom is -0.508 e. The molecule has 82 heavy (non-hydrogen) atoms. The summed E-state index contributed by atoms with van der Waals surface area (Å²) >= 11 is 0. The van der Waals surface area contributed by atoms with Crippen molar-refractivity contribution in [3.8, 4) is 80.5 Å². The number of benzene rings is 6. The third-order valence-corrected chi connectivity index (χ3v) is 16.6. The van der Waals surface area contributed by atoms with Gasteiger partial charge < -0.3 is 67.4 Å². The Labute approximate surface area is 483 Å². The first kappa shape index (κ1) is 57.7. The predicted octanol–water partition coefficient (Wildman–Crippen LogP) is 13.9. The Kier molecular flexibility index (Phi) is 16.7. The molecular formula is C68H82O14. The van der Waals surface area contributed by atoms with E-state index in [1.807, 2.05) is 55.5 Å². The lowest BCUT2D eigenvalue weighted by atomic mass is 9.85. The van der Waals surface area contributed by atoms with Gasteiger partial charge in [-0.15, -0.1) is 0 Å². The molecule has 0 saturated heterocycles. The SMILES string of the molecule is CCCOc1ccc([C@H]2COc3c(c(OC)cc4c3CCC(C)(C)O4)C2)c(O)c1.CCOc1ccc([C@H]2COc3c(c(OC)cc4c3CCC(C)(C)O4)C2)c(O)c1.COc1ccc([C@H]2COc3c(ccc4c3CCC(C)(C)O4)C2)c(O)c1. The van der Waals surface area contributed by atoms with E-state index in [1.54, 1.807) is 39.5 Å². The van der Waals surface area contributed by atoms with Crippen molar-refractivity contribution in [2.24, 2.45) is 0 Å². The summed E-state index contributed by atoms with van der Waals surface area (Å²) in [5.74, 6) is 10.0. The highest BCUT2D eigenvalue weighted by molar-refractivity contribution is 5.62. The van der Waals surface area contributed by atoms with Crippen LogP contribution in [0.1, 0.15) is 149 Å². The zero-order valence-electron chi connectivity index (χ0n) is 49.7. The fourth-order valence-electron chi connectivity index (χ4n) is 12.2. The van der Waals surface area contributed by atoms with Gasteiger partial charge in [-0.3, -0.25) is 0 Å². The number of aromatic hydroxyl groups is 3. The first-order valence-electron chi connectivity index (χ1n) is 29.1. The Bertz CT molecular complexity index is 3290. The van der Waals surface area contributed by atoms with Crippen LogP contribution in [0, 0.1) is 0 Å². The van der Waals surface area contributed by atoms with Gasteiger partial charge in [-0.1, -0.05) is 31.2 Å². The molecule has 14 heteroatoms. The molecule has 12 rings (SSSR count). The molecule has 6 aromatic carbocycles. The van der Waals surface area contributed by atoms with Crippen LogP contribution < -0.4 is 52.1 Å². The van der Waals surface area contributed by atoms with Crippen molar-refractivity contribution in [2.75, 3.05) is 54.4 Å². The van der Waals surface area contributed by atoms with Gasteiger partial charge >= 0.3 is 0 Å². The number of fused-ring (bicyclic) bond motifs is 9. The highest BCUT2D eigenvalue weighted by Crippen LogP contribution is 2.52.